The van der Waals surface area contributed by atoms with E-state index in [9.17, 15) is 9.59 Å². The monoisotopic (exact) mass is 447 g/mol. The Labute approximate surface area is 193 Å². The number of aromatic nitrogens is 1. The van der Waals surface area contributed by atoms with E-state index in [1.807, 2.05) is 43.0 Å². The SMILES string of the molecule is Cc1noc(C)c1COc1ccc(C(=O)NCc2ccc(C(=O)N3CCCCC3)cc2)cc1. The molecule has 172 valence electrons. The maximum absolute atomic E-state index is 12.6. The fraction of sp³-hybridized carbons (Fsp3) is 0.346. The minimum absolute atomic E-state index is 0.0851. The second-order valence-corrected chi connectivity index (χ2v) is 8.35. The van der Waals surface area contributed by atoms with Gasteiger partial charge in [0.25, 0.3) is 11.8 Å². The Balaban J connectivity index is 1.27. The Morgan fingerprint density at radius 2 is 1.64 bits per heavy atom. The normalized spacial score (nSPS) is 13.6. The summed E-state index contributed by atoms with van der Waals surface area (Å²) in [4.78, 5) is 27.0. The van der Waals surface area contributed by atoms with Gasteiger partial charge >= 0.3 is 0 Å². The Hall–Kier alpha value is -3.61. The van der Waals surface area contributed by atoms with E-state index in [1.54, 1.807) is 24.3 Å². The molecule has 1 saturated heterocycles. The zero-order valence-electron chi connectivity index (χ0n) is 19.1. The number of rotatable bonds is 7. The average Bonchev–Trinajstić information content (AvgIpc) is 3.18. The lowest BCUT2D eigenvalue weighted by Crippen LogP contribution is -2.35. The summed E-state index contributed by atoms with van der Waals surface area (Å²) in [6.45, 7) is 6.15. The minimum Gasteiger partial charge on any atom is -0.489 e. The number of amides is 2. The second-order valence-electron chi connectivity index (χ2n) is 8.35. The molecule has 1 fully saturated rings. The van der Waals surface area contributed by atoms with Gasteiger partial charge in [-0.15, -0.1) is 0 Å². The molecular formula is C26H29N3O4. The fourth-order valence-electron chi connectivity index (χ4n) is 3.90. The van der Waals surface area contributed by atoms with Gasteiger partial charge in [-0.05, 0) is 75.1 Å². The van der Waals surface area contributed by atoms with Crippen LogP contribution in [0.4, 0.5) is 0 Å². The topological polar surface area (TPSA) is 84.7 Å². The quantitative estimate of drug-likeness (QED) is 0.579. The van der Waals surface area contributed by atoms with Gasteiger partial charge in [0, 0.05) is 30.8 Å². The number of carbonyl (C=O) groups excluding carboxylic acids is 2. The zero-order chi connectivity index (χ0) is 23.2. The van der Waals surface area contributed by atoms with Crippen molar-refractivity contribution >= 4 is 11.8 Å². The van der Waals surface area contributed by atoms with Crippen LogP contribution in [0.15, 0.2) is 53.1 Å². The van der Waals surface area contributed by atoms with Gasteiger partial charge in [0.1, 0.15) is 18.1 Å². The number of benzene rings is 2. The highest BCUT2D eigenvalue weighted by molar-refractivity contribution is 5.95. The van der Waals surface area contributed by atoms with E-state index in [0.717, 1.165) is 48.5 Å². The second kappa shape index (κ2) is 10.3. The van der Waals surface area contributed by atoms with E-state index < -0.39 is 0 Å². The minimum atomic E-state index is -0.166. The van der Waals surface area contributed by atoms with Crippen molar-refractivity contribution in [1.29, 1.82) is 0 Å². The van der Waals surface area contributed by atoms with Crippen LogP contribution in [0.1, 0.15) is 62.6 Å². The first-order valence-electron chi connectivity index (χ1n) is 11.3. The summed E-state index contributed by atoms with van der Waals surface area (Å²) in [5.41, 5.74) is 3.93. The van der Waals surface area contributed by atoms with Crippen molar-refractivity contribution in [3.05, 3.63) is 82.2 Å². The molecule has 1 N–H and O–H groups in total. The lowest BCUT2D eigenvalue weighted by molar-refractivity contribution is 0.0724. The van der Waals surface area contributed by atoms with Gasteiger partial charge in [0.2, 0.25) is 0 Å². The van der Waals surface area contributed by atoms with Gasteiger partial charge in [-0.1, -0.05) is 17.3 Å². The van der Waals surface area contributed by atoms with Crippen molar-refractivity contribution < 1.29 is 18.8 Å². The average molecular weight is 448 g/mol. The largest absolute Gasteiger partial charge is 0.489 e. The maximum Gasteiger partial charge on any atom is 0.253 e. The molecule has 33 heavy (non-hydrogen) atoms. The highest BCUT2D eigenvalue weighted by Crippen LogP contribution is 2.18. The molecular weight excluding hydrogens is 418 g/mol. The van der Waals surface area contributed by atoms with Crippen molar-refractivity contribution in [2.75, 3.05) is 13.1 Å². The molecule has 3 aromatic rings. The molecule has 1 aromatic heterocycles. The van der Waals surface area contributed by atoms with E-state index >= 15 is 0 Å². The molecule has 0 aliphatic carbocycles. The molecule has 2 aromatic carbocycles. The van der Waals surface area contributed by atoms with Crippen LogP contribution in [0.5, 0.6) is 5.75 Å². The van der Waals surface area contributed by atoms with E-state index in [0.29, 0.717) is 30.0 Å². The van der Waals surface area contributed by atoms with Gasteiger partial charge < -0.3 is 19.5 Å². The molecule has 0 bridgehead atoms. The summed E-state index contributed by atoms with van der Waals surface area (Å²) in [5, 5.41) is 6.84. The molecule has 0 unspecified atom stereocenters. The molecule has 4 rings (SSSR count). The predicted molar refractivity (Wildman–Crippen MR) is 124 cm³/mol. The van der Waals surface area contributed by atoms with E-state index in [2.05, 4.69) is 10.5 Å². The number of nitrogens with one attached hydrogen (secondary N) is 1. The molecule has 0 radical (unpaired) electrons. The molecule has 1 aliphatic heterocycles. The number of aryl methyl sites for hydroxylation is 2. The zero-order valence-corrected chi connectivity index (χ0v) is 19.1. The van der Waals surface area contributed by atoms with Crippen molar-refractivity contribution in [2.24, 2.45) is 0 Å². The third kappa shape index (κ3) is 5.61. The van der Waals surface area contributed by atoms with Crippen LogP contribution in [-0.2, 0) is 13.2 Å². The Morgan fingerprint density at radius 1 is 0.970 bits per heavy atom. The number of likely N-dealkylation sites (tertiary alicyclic amines) is 1. The van der Waals surface area contributed by atoms with E-state index in [4.69, 9.17) is 9.26 Å². The van der Waals surface area contributed by atoms with Gasteiger partial charge in [-0.2, -0.15) is 0 Å². The molecule has 2 heterocycles. The number of ether oxygens (including phenoxy) is 1. The predicted octanol–water partition coefficient (Wildman–Crippen LogP) is 4.43. The third-order valence-electron chi connectivity index (χ3n) is 5.98. The summed E-state index contributed by atoms with van der Waals surface area (Å²) in [6, 6.07) is 14.5. The number of nitrogens with zero attached hydrogens (tertiary/aromatic N) is 2. The maximum atomic E-state index is 12.6. The molecule has 0 spiro atoms. The Bertz CT molecular complexity index is 1080. The lowest BCUT2D eigenvalue weighted by Gasteiger charge is -2.26. The molecule has 0 atom stereocenters. The van der Waals surface area contributed by atoms with Crippen LogP contribution in [0, 0.1) is 13.8 Å². The van der Waals surface area contributed by atoms with Gasteiger partial charge in [-0.25, -0.2) is 0 Å². The number of piperidine rings is 1. The Morgan fingerprint density at radius 3 is 2.27 bits per heavy atom. The first-order valence-corrected chi connectivity index (χ1v) is 11.3. The van der Waals surface area contributed by atoms with E-state index in [1.165, 1.54) is 6.42 Å². The smallest absolute Gasteiger partial charge is 0.253 e. The summed E-state index contributed by atoms with van der Waals surface area (Å²) >= 11 is 0. The summed E-state index contributed by atoms with van der Waals surface area (Å²) in [7, 11) is 0. The lowest BCUT2D eigenvalue weighted by atomic mass is 10.1. The first-order chi connectivity index (χ1) is 16.0. The number of carbonyl (C=O) groups is 2. The highest BCUT2D eigenvalue weighted by Gasteiger charge is 2.18. The molecule has 7 heteroatoms. The number of hydrogen-bond acceptors (Lipinski definition) is 5. The highest BCUT2D eigenvalue weighted by atomic mass is 16.5. The van der Waals surface area contributed by atoms with Crippen LogP contribution >= 0.6 is 0 Å². The molecule has 0 saturated carbocycles. The Kier molecular flexibility index (Phi) is 7.07. The van der Waals surface area contributed by atoms with Crippen molar-refractivity contribution in [1.82, 2.24) is 15.4 Å². The molecule has 1 aliphatic rings. The summed E-state index contributed by atoms with van der Waals surface area (Å²) in [5.74, 6) is 1.33. The van der Waals surface area contributed by atoms with Crippen LogP contribution in [0.25, 0.3) is 0 Å². The van der Waals surface area contributed by atoms with Crippen LogP contribution in [0.3, 0.4) is 0 Å². The molecule has 2 amide bonds. The summed E-state index contributed by atoms with van der Waals surface area (Å²) in [6.07, 6.45) is 3.34. The standard InChI is InChI=1S/C26H29N3O4/c1-18-24(19(2)33-28-18)17-32-23-12-10-21(11-13-23)25(30)27-16-20-6-8-22(9-7-20)26(31)29-14-4-3-5-15-29/h6-13H,3-5,14-17H2,1-2H3,(H,27,30). The van der Waals surface area contributed by atoms with Crippen molar-refractivity contribution in [3.8, 4) is 5.75 Å². The first kappa shape index (κ1) is 22.6. The van der Waals surface area contributed by atoms with Crippen molar-refractivity contribution in [3.63, 3.8) is 0 Å². The summed E-state index contributed by atoms with van der Waals surface area (Å²) < 4.78 is 10.9. The van der Waals surface area contributed by atoms with Gasteiger partial charge in [-0.3, -0.25) is 9.59 Å². The van der Waals surface area contributed by atoms with E-state index in [-0.39, 0.29) is 11.8 Å². The van der Waals surface area contributed by atoms with Gasteiger partial charge in [0.05, 0.1) is 11.3 Å². The van der Waals surface area contributed by atoms with Crippen molar-refractivity contribution in [2.45, 2.75) is 46.3 Å². The van der Waals surface area contributed by atoms with Gasteiger partial charge in [0.15, 0.2) is 0 Å². The van der Waals surface area contributed by atoms with Crippen LogP contribution in [-0.4, -0.2) is 35.0 Å². The third-order valence-corrected chi connectivity index (χ3v) is 5.98. The van der Waals surface area contributed by atoms with Crippen LogP contribution in [0.2, 0.25) is 0 Å². The molecule has 7 nitrogen and oxygen atoms in total. The number of hydrogen-bond donors (Lipinski definition) is 1. The van der Waals surface area contributed by atoms with Crippen LogP contribution < -0.4 is 10.1 Å². The fourth-order valence-corrected chi connectivity index (χ4v) is 3.90.